The van der Waals surface area contributed by atoms with Crippen LogP contribution in [-0.2, 0) is 18.4 Å². The molecule has 1 saturated carbocycles. The average molecular weight is 328 g/mol. The van der Waals surface area contributed by atoms with Crippen LogP contribution in [0.25, 0.3) is 0 Å². The number of nitrogens with one attached hydrogen (secondary N) is 1. The second-order valence-electron chi connectivity index (χ2n) is 6.90. The van der Waals surface area contributed by atoms with Crippen molar-refractivity contribution < 1.29 is 9.21 Å². The van der Waals surface area contributed by atoms with Gasteiger partial charge in [0, 0.05) is 50.1 Å². The Kier molecular flexibility index (Phi) is 3.92. The summed E-state index contributed by atoms with van der Waals surface area (Å²) in [4.78, 5) is 19.2. The normalized spacial score (nSPS) is 24.6. The summed E-state index contributed by atoms with van der Waals surface area (Å²) in [6.07, 6.45) is 9.17. The van der Waals surface area contributed by atoms with Crippen molar-refractivity contribution in [2.45, 2.75) is 57.3 Å². The van der Waals surface area contributed by atoms with Gasteiger partial charge in [0.1, 0.15) is 17.6 Å². The van der Waals surface area contributed by atoms with E-state index in [2.05, 4.69) is 15.2 Å². The van der Waals surface area contributed by atoms with Gasteiger partial charge in [0.05, 0.1) is 6.26 Å². The predicted octanol–water partition coefficient (Wildman–Crippen LogP) is 2.31. The van der Waals surface area contributed by atoms with Crippen molar-refractivity contribution in [1.82, 2.24) is 19.8 Å². The standard InChI is InChI=1S/C18H24N4O2/c1-12-13(7-10-24-12)11-20-15-5-6-16(23)22(14-3-4-14)17(15)18-19-8-9-21(18)2/h7-10,14-15,17,20H,3-6,11H2,1-2H3/t15-,17-/m1/s1. The third-order valence-corrected chi connectivity index (χ3v) is 5.22. The fraction of sp³-hybridized carbons (Fsp3) is 0.556. The molecule has 2 atom stereocenters. The minimum atomic E-state index is 0.00552. The molecule has 1 saturated heterocycles. The molecule has 0 spiro atoms. The zero-order valence-corrected chi connectivity index (χ0v) is 14.2. The summed E-state index contributed by atoms with van der Waals surface area (Å²) in [7, 11) is 2.00. The van der Waals surface area contributed by atoms with Crippen molar-refractivity contribution >= 4 is 5.91 Å². The lowest BCUT2D eigenvalue weighted by Crippen LogP contribution is -2.52. The number of carbonyl (C=O) groups is 1. The van der Waals surface area contributed by atoms with Crippen molar-refractivity contribution in [1.29, 1.82) is 0 Å². The first-order chi connectivity index (χ1) is 11.6. The fourth-order valence-corrected chi connectivity index (χ4v) is 3.71. The first-order valence-electron chi connectivity index (χ1n) is 8.70. The Morgan fingerprint density at radius 1 is 1.38 bits per heavy atom. The number of imidazole rings is 1. The quantitative estimate of drug-likeness (QED) is 0.915. The molecule has 2 aliphatic rings. The highest BCUT2D eigenvalue weighted by molar-refractivity contribution is 5.78. The van der Waals surface area contributed by atoms with Gasteiger partial charge in [0.15, 0.2) is 0 Å². The van der Waals surface area contributed by atoms with E-state index in [1.54, 1.807) is 6.26 Å². The van der Waals surface area contributed by atoms with Gasteiger partial charge < -0.3 is 19.2 Å². The zero-order valence-electron chi connectivity index (χ0n) is 14.2. The number of nitrogens with zero attached hydrogens (tertiary/aromatic N) is 3. The Bertz CT molecular complexity index is 731. The number of furan rings is 1. The van der Waals surface area contributed by atoms with Crippen molar-refractivity contribution in [3.63, 3.8) is 0 Å². The zero-order chi connectivity index (χ0) is 16.7. The van der Waals surface area contributed by atoms with E-state index in [4.69, 9.17) is 4.42 Å². The molecule has 0 unspecified atom stereocenters. The number of rotatable bonds is 5. The SMILES string of the molecule is Cc1occc1CN[C@@H]1CCC(=O)N(C2CC2)[C@H]1c1nccn1C. The lowest BCUT2D eigenvalue weighted by atomic mass is 9.94. The number of hydrogen-bond donors (Lipinski definition) is 1. The summed E-state index contributed by atoms with van der Waals surface area (Å²) in [6, 6.07) is 2.61. The summed E-state index contributed by atoms with van der Waals surface area (Å²) in [5.41, 5.74) is 1.17. The van der Waals surface area contributed by atoms with Crippen LogP contribution in [0.2, 0.25) is 0 Å². The number of aryl methyl sites for hydroxylation is 2. The Balaban J connectivity index is 1.60. The second-order valence-corrected chi connectivity index (χ2v) is 6.90. The molecule has 1 N–H and O–H groups in total. The minimum absolute atomic E-state index is 0.00552. The van der Waals surface area contributed by atoms with E-state index in [1.165, 1.54) is 5.56 Å². The Morgan fingerprint density at radius 3 is 2.83 bits per heavy atom. The molecule has 2 aromatic rings. The smallest absolute Gasteiger partial charge is 0.223 e. The summed E-state index contributed by atoms with van der Waals surface area (Å²) < 4.78 is 7.43. The highest BCUT2D eigenvalue weighted by Gasteiger charge is 2.45. The maximum atomic E-state index is 12.6. The van der Waals surface area contributed by atoms with Crippen molar-refractivity contribution in [3.05, 3.63) is 41.9 Å². The van der Waals surface area contributed by atoms with Crippen molar-refractivity contribution in [3.8, 4) is 0 Å². The fourth-order valence-electron chi connectivity index (χ4n) is 3.71. The summed E-state index contributed by atoms with van der Waals surface area (Å²) >= 11 is 0. The first-order valence-corrected chi connectivity index (χ1v) is 8.70. The molecule has 2 aromatic heterocycles. The summed E-state index contributed by atoms with van der Waals surface area (Å²) in [5.74, 6) is 2.18. The van der Waals surface area contributed by atoms with Gasteiger partial charge in [-0.2, -0.15) is 0 Å². The number of aromatic nitrogens is 2. The van der Waals surface area contributed by atoms with Crippen molar-refractivity contribution in [2.24, 2.45) is 7.05 Å². The van der Waals surface area contributed by atoms with E-state index < -0.39 is 0 Å². The Labute approximate surface area is 141 Å². The van der Waals surface area contributed by atoms with Crippen LogP contribution in [0.4, 0.5) is 0 Å². The maximum Gasteiger partial charge on any atom is 0.223 e. The molecule has 6 heteroatoms. The van der Waals surface area contributed by atoms with Gasteiger partial charge in [-0.25, -0.2) is 4.98 Å². The molecular formula is C18H24N4O2. The van der Waals surface area contributed by atoms with E-state index in [-0.39, 0.29) is 18.0 Å². The summed E-state index contributed by atoms with van der Waals surface area (Å²) in [5, 5.41) is 3.66. The third-order valence-electron chi connectivity index (χ3n) is 5.22. The van der Waals surface area contributed by atoms with Crippen LogP contribution in [0.1, 0.15) is 48.9 Å². The molecule has 0 bridgehead atoms. The molecule has 6 nitrogen and oxygen atoms in total. The average Bonchev–Trinajstić information content (AvgIpc) is 3.19. The molecule has 1 aliphatic carbocycles. The molecule has 3 heterocycles. The van der Waals surface area contributed by atoms with Crippen LogP contribution in [0.3, 0.4) is 0 Å². The Hall–Kier alpha value is -2.08. The lowest BCUT2D eigenvalue weighted by molar-refractivity contribution is -0.139. The van der Waals surface area contributed by atoms with E-state index in [9.17, 15) is 4.79 Å². The number of amides is 1. The van der Waals surface area contributed by atoms with Crippen LogP contribution in [0, 0.1) is 6.92 Å². The van der Waals surface area contributed by atoms with Crippen LogP contribution >= 0.6 is 0 Å². The van der Waals surface area contributed by atoms with Crippen LogP contribution in [0.5, 0.6) is 0 Å². The lowest BCUT2D eigenvalue weighted by Gasteiger charge is -2.41. The van der Waals surface area contributed by atoms with Gasteiger partial charge in [-0.05, 0) is 32.3 Å². The minimum Gasteiger partial charge on any atom is -0.469 e. The largest absolute Gasteiger partial charge is 0.469 e. The molecule has 1 aliphatic heterocycles. The monoisotopic (exact) mass is 328 g/mol. The number of likely N-dealkylation sites (tertiary alicyclic amines) is 1. The number of piperidine rings is 1. The molecular weight excluding hydrogens is 304 g/mol. The molecule has 24 heavy (non-hydrogen) atoms. The predicted molar refractivity (Wildman–Crippen MR) is 89.1 cm³/mol. The topological polar surface area (TPSA) is 63.3 Å². The van der Waals surface area contributed by atoms with Crippen LogP contribution in [-0.4, -0.2) is 32.4 Å². The van der Waals surface area contributed by atoms with E-state index in [1.807, 2.05) is 37.0 Å². The van der Waals surface area contributed by atoms with Crippen LogP contribution < -0.4 is 5.32 Å². The molecule has 0 radical (unpaired) electrons. The first kappa shape index (κ1) is 15.4. The molecule has 4 rings (SSSR count). The van der Waals surface area contributed by atoms with Crippen molar-refractivity contribution in [2.75, 3.05) is 0 Å². The molecule has 128 valence electrons. The third kappa shape index (κ3) is 2.75. The van der Waals surface area contributed by atoms with Gasteiger partial charge in [-0.15, -0.1) is 0 Å². The van der Waals surface area contributed by atoms with Gasteiger partial charge in [-0.1, -0.05) is 0 Å². The van der Waals surface area contributed by atoms with Gasteiger partial charge in [0.25, 0.3) is 0 Å². The Morgan fingerprint density at radius 2 is 2.21 bits per heavy atom. The highest BCUT2D eigenvalue weighted by atomic mass is 16.3. The van der Waals surface area contributed by atoms with E-state index in [0.717, 1.165) is 37.4 Å². The highest BCUT2D eigenvalue weighted by Crippen LogP contribution is 2.40. The van der Waals surface area contributed by atoms with E-state index in [0.29, 0.717) is 12.5 Å². The second kappa shape index (κ2) is 6.09. The van der Waals surface area contributed by atoms with Crippen LogP contribution in [0.15, 0.2) is 29.1 Å². The molecule has 0 aromatic carbocycles. The number of carbonyl (C=O) groups excluding carboxylic acids is 1. The summed E-state index contributed by atoms with van der Waals surface area (Å²) in [6.45, 7) is 2.73. The molecule has 2 fully saturated rings. The van der Waals surface area contributed by atoms with Gasteiger partial charge in [-0.3, -0.25) is 4.79 Å². The number of hydrogen-bond acceptors (Lipinski definition) is 4. The molecule has 1 amide bonds. The van der Waals surface area contributed by atoms with Gasteiger partial charge in [0.2, 0.25) is 5.91 Å². The van der Waals surface area contributed by atoms with E-state index >= 15 is 0 Å². The maximum absolute atomic E-state index is 12.6. The van der Waals surface area contributed by atoms with Gasteiger partial charge >= 0.3 is 0 Å².